The fourth-order valence-electron chi connectivity index (χ4n) is 3.15. The van der Waals surface area contributed by atoms with E-state index < -0.39 is 0 Å². The standard InChI is InChI=1S/C24H23N3/c1-17-3-9-20(10-4-17)23-15-24(21-11-5-18(2)6-12-21)27(26-23)22-13-7-19(16-25)8-14-22/h3-15H,16,25H2,1-2H3. The summed E-state index contributed by atoms with van der Waals surface area (Å²) in [5.74, 6) is 0. The first-order valence-corrected chi connectivity index (χ1v) is 9.17. The number of aryl methyl sites for hydroxylation is 2. The van der Waals surface area contributed by atoms with Crippen molar-refractivity contribution >= 4 is 0 Å². The molecule has 3 heteroatoms. The van der Waals surface area contributed by atoms with Crippen LogP contribution in [0.2, 0.25) is 0 Å². The van der Waals surface area contributed by atoms with E-state index in [9.17, 15) is 0 Å². The van der Waals surface area contributed by atoms with E-state index in [1.54, 1.807) is 0 Å². The van der Waals surface area contributed by atoms with Gasteiger partial charge in [0.2, 0.25) is 0 Å². The van der Waals surface area contributed by atoms with Crippen molar-refractivity contribution in [1.29, 1.82) is 0 Å². The van der Waals surface area contributed by atoms with Crippen LogP contribution in [-0.4, -0.2) is 9.78 Å². The molecule has 4 aromatic rings. The molecule has 0 unspecified atom stereocenters. The summed E-state index contributed by atoms with van der Waals surface area (Å²) in [7, 11) is 0. The summed E-state index contributed by atoms with van der Waals surface area (Å²) in [6, 6.07) is 27.5. The summed E-state index contributed by atoms with van der Waals surface area (Å²) in [6.45, 7) is 4.74. The zero-order valence-corrected chi connectivity index (χ0v) is 15.7. The van der Waals surface area contributed by atoms with Crippen LogP contribution in [0.15, 0.2) is 78.9 Å². The van der Waals surface area contributed by atoms with Crippen molar-refractivity contribution in [3.63, 3.8) is 0 Å². The maximum Gasteiger partial charge on any atom is 0.0934 e. The number of hydrogen-bond donors (Lipinski definition) is 1. The highest BCUT2D eigenvalue weighted by Gasteiger charge is 2.13. The molecule has 1 heterocycles. The maximum atomic E-state index is 5.74. The number of benzene rings is 3. The molecular weight excluding hydrogens is 330 g/mol. The average molecular weight is 353 g/mol. The van der Waals surface area contributed by atoms with Crippen LogP contribution in [0.4, 0.5) is 0 Å². The Kier molecular flexibility index (Phi) is 4.61. The third kappa shape index (κ3) is 3.55. The quantitative estimate of drug-likeness (QED) is 0.542. The summed E-state index contributed by atoms with van der Waals surface area (Å²) in [5, 5.41) is 4.92. The second-order valence-corrected chi connectivity index (χ2v) is 6.93. The monoisotopic (exact) mass is 353 g/mol. The number of rotatable bonds is 4. The molecule has 0 aliphatic rings. The van der Waals surface area contributed by atoms with E-state index in [1.807, 2.05) is 4.68 Å². The van der Waals surface area contributed by atoms with Crippen LogP contribution >= 0.6 is 0 Å². The molecule has 3 nitrogen and oxygen atoms in total. The molecule has 0 spiro atoms. The van der Waals surface area contributed by atoms with Gasteiger partial charge in [-0.1, -0.05) is 71.8 Å². The Morgan fingerprint density at radius 3 is 1.85 bits per heavy atom. The molecule has 0 saturated heterocycles. The van der Waals surface area contributed by atoms with E-state index in [4.69, 9.17) is 10.8 Å². The van der Waals surface area contributed by atoms with Gasteiger partial charge in [-0.25, -0.2) is 4.68 Å². The SMILES string of the molecule is Cc1ccc(-c2cc(-c3ccc(C)cc3)n(-c3ccc(CN)cc3)n2)cc1. The zero-order chi connectivity index (χ0) is 18.8. The summed E-state index contributed by atoms with van der Waals surface area (Å²) in [5.41, 5.74) is 14.7. The lowest BCUT2D eigenvalue weighted by Crippen LogP contribution is -2.01. The van der Waals surface area contributed by atoms with Crippen LogP contribution in [-0.2, 0) is 6.54 Å². The Morgan fingerprint density at radius 2 is 1.30 bits per heavy atom. The number of aromatic nitrogens is 2. The van der Waals surface area contributed by atoms with E-state index in [1.165, 1.54) is 11.1 Å². The molecule has 0 amide bonds. The van der Waals surface area contributed by atoms with Crippen molar-refractivity contribution in [3.05, 3.63) is 95.6 Å². The van der Waals surface area contributed by atoms with Gasteiger partial charge < -0.3 is 5.73 Å². The fourth-order valence-corrected chi connectivity index (χ4v) is 3.15. The predicted octanol–water partition coefficient (Wildman–Crippen LogP) is 5.28. The van der Waals surface area contributed by atoms with Crippen LogP contribution in [0.25, 0.3) is 28.2 Å². The summed E-state index contributed by atoms with van der Waals surface area (Å²) in [4.78, 5) is 0. The predicted molar refractivity (Wildman–Crippen MR) is 112 cm³/mol. The molecule has 0 fully saturated rings. The van der Waals surface area contributed by atoms with E-state index in [0.717, 1.165) is 33.8 Å². The first-order chi connectivity index (χ1) is 13.1. The lowest BCUT2D eigenvalue weighted by atomic mass is 10.1. The Hall–Kier alpha value is -3.17. The topological polar surface area (TPSA) is 43.8 Å². The number of nitrogens with zero attached hydrogens (tertiary/aromatic N) is 2. The molecule has 0 atom stereocenters. The third-order valence-corrected chi connectivity index (χ3v) is 4.82. The Labute approximate surface area is 160 Å². The van der Waals surface area contributed by atoms with Gasteiger partial charge in [-0.3, -0.25) is 0 Å². The molecule has 4 rings (SSSR count). The molecule has 0 aliphatic carbocycles. The van der Waals surface area contributed by atoms with Gasteiger partial charge in [0.1, 0.15) is 0 Å². The molecule has 3 aromatic carbocycles. The van der Waals surface area contributed by atoms with Gasteiger partial charge in [-0.15, -0.1) is 0 Å². The second-order valence-electron chi connectivity index (χ2n) is 6.93. The highest BCUT2D eigenvalue weighted by atomic mass is 15.3. The minimum atomic E-state index is 0.540. The molecule has 0 saturated carbocycles. The van der Waals surface area contributed by atoms with Crippen LogP contribution in [0.1, 0.15) is 16.7 Å². The van der Waals surface area contributed by atoms with E-state index >= 15 is 0 Å². The maximum absolute atomic E-state index is 5.74. The zero-order valence-electron chi connectivity index (χ0n) is 15.7. The van der Waals surface area contributed by atoms with Crippen LogP contribution in [0, 0.1) is 13.8 Å². The molecular formula is C24H23N3. The minimum Gasteiger partial charge on any atom is -0.326 e. The molecule has 0 aliphatic heterocycles. The van der Waals surface area contributed by atoms with Crippen LogP contribution < -0.4 is 5.73 Å². The van der Waals surface area contributed by atoms with Crippen molar-refractivity contribution < 1.29 is 0 Å². The van der Waals surface area contributed by atoms with Gasteiger partial charge >= 0.3 is 0 Å². The van der Waals surface area contributed by atoms with Crippen molar-refractivity contribution in [2.24, 2.45) is 5.73 Å². The highest BCUT2D eigenvalue weighted by molar-refractivity contribution is 5.70. The van der Waals surface area contributed by atoms with Crippen molar-refractivity contribution in [1.82, 2.24) is 9.78 Å². The van der Waals surface area contributed by atoms with Gasteiger partial charge in [0.05, 0.1) is 17.1 Å². The summed E-state index contributed by atoms with van der Waals surface area (Å²) < 4.78 is 2.01. The molecule has 134 valence electrons. The van der Waals surface area contributed by atoms with E-state index in [2.05, 4.69) is 92.7 Å². The van der Waals surface area contributed by atoms with E-state index in [-0.39, 0.29) is 0 Å². The Balaban J connectivity index is 1.86. The second kappa shape index (κ2) is 7.22. The summed E-state index contributed by atoms with van der Waals surface area (Å²) in [6.07, 6.45) is 0. The Morgan fingerprint density at radius 1 is 0.741 bits per heavy atom. The average Bonchev–Trinajstić information content (AvgIpc) is 3.14. The molecule has 2 N–H and O–H groups in total. The van der Waals surface area contributed by atoms with Crippen molar-refractivity contribution in [2.45, 2.75) is 20.4 Å². The molecule has 1 aromatic heterocycles. The lowest BCUT2D eigenvalue weighted by molar-refractivity contribution is 0.889. The molecule has 0 bridgehead atoms. The largest absolute Gasteiger partial charge is 0.326 e. The fraction of sp³-hybridized carbons (Fsp3) is 0.125. The first-order valence-electron chi connectivity index (χ1n) is 9.17. The summed E-state index contributed by atoms with van der Waals surface area (Å²) >= 11 is 0. The minimum absolute atomic E-state index is 0.540. The smallest absolute Gasteiger partial charge is 0.0934 e. The number of nitrogens with two attached hydrogens (primary N) is 1. The highest BCUT2D eigenvalue weighted by Crippen LogP contribution is 2.29. The third-order valence-electron chi connectivity index (χ3n) is 4.82. The van der Waals surface area contributed by atoms with E-state index in [0.29, 0.717) is 6.54 Å². The molecule has 0 radical (unpaired) electrons. The van der Waals surface area contributed by atoms with Crippen LogP contribution in [0.5, 0.6) is 0 Å². The van der Waals surface area contributed by atoms with Gasteiger partial charge in [0, 0.05) is 17.7 Å². The van der Waals surface area contributed by atoms with Gasteiger partial charge in [0.15, 0.2) is 0 Å². The number of hydrogen-bond acceptors (Lipinski definition) is 2. The van der Waals surface area contributed by atoms with Crippen molar-refractivity contribution in [3.8, 4) is 28.2 Å². The van der Waals surface area contributed by atoms with Crippen molar-refractivity contribution in [2.75, 3.05) is 0 Å². The molecule has 27 heavy (non-hydrogen) atoms. The van der Waals surface area contributed by atoms with Crippen LogP contribution in [0.3, 0.4) is 0 Å². The normalized spacial score (nSPS) is 10.9. The van der Waals surface area contributed by atoms with Gasteiger partial charge in [-0.2, -0.15) is 5.10 Å². The van der Waals surface area contributed by atoms with Gasteiger partial charge in [0.25, 0.3) is 0 Å². The first kappa shape index (κ1) is 17.3. The lowest BCUT2D eigenvalue weighted by Gasteiger charge is -2.08. The Bertz CT molecular complexity index is 1040. The van der Waals surface area contributed by atoms with Gasteiger partial charge in [-0.05, 0) is 37.6 Å².